The second-order valence-corrected chi connectivity index (χ2v) is 5.38. The number of ether oxygens (including phenoxy) is 1. The van der Waals surface area contributed by atoms with Crippen molar-refractivity contribution in [2.45, 2.75) is 12.0 Å². The van der Waals surface area contributed by atoms with Crippen molar-refractivity contribution in [3.8, 4) is 0 Å². The fourth-order valence-electron chi connectivity index (χ4n) is 2.10. The van der Waals surface area contributed by atoms with E-state index in [-0.39, 0.29) is 5.91 Å². The van der Waals surface area contributed by atoms with Crippen LogP contribution < -0.4 is 11.1 Å². The average Bonchev–Trinajstić information content (AvgIpc) is 2.84. The van der Waals surface area contributed by atoms with E-state index >= 15 is 0 Å². The van der Waals surface area contributed by atoms with Crippen molar-refractivity contribution in [3.63, 3.8) is 0 Å². The predicted molar refractivity (Wildman–Crippen MR) is 77.7 cm³/mol. The van der Waals surface area contributed by atoms with Gasteiger partial charge < -0.3 is 25.8 Å². The second-order valence-electron chi connectivity index (χ2n) is 5.38. The van der Waals surface area contributed by atoms with E-state index < -0.39 is 5.60 Å². The Hall–Kier alpha value is -1.79. The Labute approximate surface area is 118 Å². The molecule has 0 spiro atoms. The van der Waals surface area contributed by atoms with Crippen LogP contribution in [0.15, 0.2) is 18.2 Å². The highest BCUT2D eigenvalue weighted by Gasteiger charge is 2.32. The smallest absolute Gasteiger partial charge is 0.253 e. The molecule has 0 saturated carbocycles. The molecule has 4 N–H and O–H groups in total. The molecule has 1 aliphatic rings. The molecule has 110 valence electrons. The van der Waals surface area contributed by atoms with E-state index in [2.05, 4.69) is 5.32 Å². The zero-order valence-electron chi connectivity index (χ0n) is 11.8. The highest BCUT2D eigenvalue weighted by Crippen LogP contribution is 2.24. The van der Waals surface area contributed by atoms with Crippen molar-refractivity contribution < 1.29 is 14.6 Å². The maximum Gasteiger partial charge on any atom is 0.253 e. The molecule has 0 aromatic heterocycles. The Morgan fingerprint density at radius 1 is 1.55 bits per heavy atom. The first-order chi connectivity index (χ1) is 9.41. The molecule has 0 aliphatic carbocycles. The van der Waals surface area contributed by atoms with Crippen LogP contribution in [0.1, 0.15) is 16.8 Å². The van der Waals surface area contributed by atoms with Crippen LogP contribution in [0.5, 0.6) is 0 Å². The molecule has 6 heteroatoms. The first-order valence-corrected chi connectivity index (χ1v) is 6.56. The number of carbonyl (C=O) groups is 1. The van der Waals surface area contributed by atoms with Crippen LogP contribution in [-0.2, 0) is 4.74 Å². The minimum Gasteiger partial charge on any atom is -0.397 e. The Bertz CT molecular complexity index is 496. The number of benzene rings is 1. The minimum absolute atomic E-state index is 0.0871. The third kappa shape index (κ3) is 3.20. The molecule has 1 aromatic carbocycles. The number of hydrogen-bond donors (Lipinski definition) is 3. The van der Waals surface area contributed by atoms with E-state index in [9.17, 15) is 9.90 Å². The number of nitrogens with zero attached hydrogens (tertiary/aromatic N) is 1. The summed E-state index contributed by atoms with van der Waals surface area (Å²) in [7, 11) is 3.40. The Morgan fingerprint density at radius 3 is 2.90 bits per heavy atom. The monoisotopic (exact) mass is 279 g/mol. The second kappa shape index (κ2) is 5.68. The van der Waals surface area contributed by atoms with Gasteiger partial charge in [0.2, 0.25) is 0 Å². The van der Waals surface area contributed by atoms with Gasteiger partial charge in [-0.3, -0.25) is 4.79 Å². The highest BCUT2D eigenvalue weighted by molar-refractivity contribution is 5.95. The Kier molecular flexibility index (Phi) is 4.15. The Balaban J connectivity index is 2.10. The van der Waals surface area contributed by atoms with E-state index in [4.69, 9.17) is 10.5 Å². The van der Waals surface area contributed by atoms with Gasteiger partial charge in [0.15, 0.2) is 0 Å². The number of nitrogens with two attached hydrogens (primary N) is 1. The van der Waals surface area contributed by atoms with Crippen molar-refractivity contribution >= 4 is 17.3 Å². The van der Waals surface area contributed by atoms with Crippen molar-refractivity contribution in [2.24, 2.45) is 0 Å². The summed E-state index contributed by atoms with van der Waals surface area (Å²) in [4.78, 5) is 13.4. The normalized spacial score (nSPS) is 21.8. The van der Waals surface area contributed by atoms with E-state index in [0.29, 0.717) is 43.1 Å². The van der Waals surface area contributed by atoms with Crippen LogP contribution >= 0.6 is 0 Å². The standard InChI is InChI=1S/C14H21N3O3/c1-17(2)13(18)10-3-4-11(15)12(7-10)16-8-14(19)5-6-20-9-14/h3-4,7,16,19H,5-6,8-9,15H2,1-2H3. The molecule has 1 unspecified atom stereocenters. The lowest BCUT2D eigenvalue weighted by molar-refractivity contribution is 0.0382. The first kappa shape index (κ1) is 14.6. The van der Waals surface area contributed by atoms with Gasteiger partial charge in [-0.15, -0.1) is 0 Å². The molecule has 1 heterocycles. The summed E-state index contributed by atoms with van der Waals surface area (Å²) < 4.78 is 5.19. The summed E-state index contributed by atoms with van der Waals surface area (Å²) in [6, 6.07) is 5.08. The van der Waals surface area contributed by atoms with Gasteiger partial charge in [0.25, 0.3) is 5.91 Å². The number of rotatable bonds is 4. The minimum atomic E-state index is -0.867. The molecule has 1 amide bonds. The lowest BCUT2D eigenvalue weighted by Gasteiger charge is -2.22. The summed E-state index contributed by atoms with van der Waals surface area (Å²) in [5, 5.41) is 13.3. The molecule has 1 aromatic rings. The first-order valence-electron chi connectivity index (χ1n) is 6.56. The van der Waals surface area contributed by atoms with Crippen molar-refractivity contribution in [3.05, 3.63) is 23.8 Å². The summed E-state index contributed by atoms with van der Waals surface area (Å²) in [6.07, 6.45) is 0.593. The maximum atomic E-state index is 11.9. The summed E-state index contributed by atoms with van der Waals surface area (Å²) in [5.74, 6) is -0.0871. The van der Waals surface area contributed by atoms with Gasteiger partial charge in [0, 0.05) is 39.2 Å². The quantitative estimate of drug-likeness (QED) is 0.700. The number of nitrogen functional groups attached to an aromatic ring is 1. The maximum absolute atomic E-state index is 11.9. The van der Waals surface area contributed by atoms with Gasteiger partial charge in [-0.1, -0.05) is 0 Å². The molecule has 20 heavy (non-hydrogen) atoms. The van der Waals surface area contributed by atoms with Crippen LogP contribution in [0.2, 0.25) is 0 Å². The van der Waals surface area contributed by atoms with E-state index in [1.54, 1.807) is 32.3 Å². The van der Waals surface area contributed by atoms with Gasteiger partial charge in [0.1, 0.15) is 5.60 Å². The van der Waals surface area contributed by atoms with Crippen LogP contribution in [0.4, 0.5) is 11.4 Å². The third-order valence-electron chi connectivity index (χ3n) is 3.40. The van der Waals surface area contributed by atoms with Gasteiger partial charge in [-0.2, -0.15) is 0 Å². The molecule has 0 radical (unpaired) electrons. The highest BCUT2D eigenvalue weighted by atomic mass is 16.5. The van der Waals surface area contributed by atoms with Crippen LogP contribution in [0.25, 0.3) is 0 Å². The van der Waals surface area contributed by atoms with Crippen molar-refractivity contribution in [1.29, 1.82) is 0 Å². The number of aliphatic hydroxyl groups is 1. The lowest BCUT2D eigenvalue weighted by Crippen LogP contribution is -2.37. The van der Waals surface area contributed by atoms with Crippen LogP contribution in [0.3, 0.4) is 0 Å². The number of anilines is 2. The number of hydrogen-bond acceptors (Lipinski definition) is 5. The zero-order valence-corrected chi connectivity index (χ0v) is 11.8. The fraction of sp³-hybridized carbons (Fsp3) is 0.500. The van der Waals surface area contributed by atoms with E-state index in [1.165, 1.54) is 4.90 Å². The van der Waals surface area contributed by atoms with Crippen LogP contribution in [0, 0.1) is 0 Å². The molecule has 6 nitrogen and oxygen atoms in total. The average molecular weight is 279 g/mol. The molecular weight excluding hydrogens is 258 g/mol. The largest absolute Gasteiger partial charge is 0.397 e. The SMILES string of the molecule is CN(C)C(=O)c1ccc(N)c(NCC2(O)CCOC2)c1. The Morgan fingerprint density at radius 2 is 2.30 bits per heavy atom. The fourth-order valence-corrected chi connectivity index (χ4v) is 2.10. The topological polar surface area (TPSA) is 87.8 Å². The molecule has 1 fully saturated rings. The van der Waals surface area contributed by atoms with Crippen molar-refractivity contribution in [1.82, 2.24) is 4.90 Å². The van der Waals surface area contributed by atoms with Crippen LogP contribution in [-0.4, -0.2) is 55.4 Å². The van der Waals surface area contributed by atoms with E-state index in [1.807, 2.05) is 0 Å². The predicted octanol–water partition coefficient (Wildman–Crippen LogP) is 0.534. The molecule has 1 aliphatic heterocycles. The summed E-state index contributed by atoms with van der Waals surface area (Å²) in [5.41, 5.74) is 6.78. The van der Waals surface area contributed by atoms with Gasteiger partial charge in [-0.25, -0.2) is 0 Å². The molecule has 0 bridgehead atoms. The number of amides is 1. The van der Waals surface area contributed by atoms with Gasteiger partial charge >= 0.3 is 0 Å². The molecule has 1 saturated heterocycles. The molecule has 2 rings (SSSR count). The van der Waals surface area contributed by atoms with E-state index in [0.717, 1.165) is 0 Å². The molecule has 1 atom stereocenters. The number of carbonyl (C=O) groups excluding carboxylic acids is 1. The summed E-state index contributed by atoms with van der Waals surface area (Å²) >= 11 is 0. The summed E-state index contributed by atoms with van der Waals surface area (Å²) in [6.45, 7) is 1.22. The lowest BCUT2D eigenvalue weighted by atomic mass is 10.0. The zero-order chi connectivity index (χ0) is 14.8. The third-order valence-corrected chi connectivity index (χ3v) is 3.40. The number of nitrogens with one attached hydrogen (secondary N) is 1. The van der Waals surface area contributed by atoms with Gasteiger partial charge in [-0.05, 0) is 18.2 Å². The van der Waals surface area contributed by atoms with Gasteiger partial charge in [0.05, 0.1) is 18.0 Å². The van der Waals surface area contributed by atoms with Crippen molar-refractivity contribution in [2.75, 3.05) is 44.9 Å². The molecular formula is C14H21N3O3.